The molecule has 0 spiro atoms. The molecule has 1 aromatic carbocycles. The molecule has 1 amide bonds. The van der Waals surface area contributed by atoms with Gasteiger partial charge in [0.1, 0.15) is 0 Å². The molecule has 0 bridgehead atoms. The van der Waals surface area contributed by atoms with Crippen molar-refractivity contribution in [2.75, 3.05) is 17.6 Å². The molecule has 4 heteroatoms. The highest BCUT2D eigenvalue weighted by Crippen LogP contribution is 2.31. The van der Waals surface area contributed by atoms with E-state index in [1.807, 2.05) is 30.3 Å². The van der Waals surface area contributed by atoms with Gasteiger partial charge in [0.25, 0.3) is 0 Å². The highest BCUT2D eigenvalue weighted by atomic mass is 32.2. The van der Waals surface area contributed by atoms with Crippen LogP contribution in [0.1, 0.15) is 25.7 Å². The Morgan fingerprint density at radius 1 is 1.33 bits per heavy atom. The minimum absolute atomic E-state index is 0.130. The number of carbonyl (C=O) groups excluding carboxylic acids is 1. The van der Waals surface area contributed by atoms with Crippen molar-refractivity contribution >= 4 is 23.4 Å². The predicted octanol–water partition coefficient (Wildman–Crippen LogP) is 3.67. The standard InChI is InChI=1S/C17H24N2OS/c1-2-11-21-16-6-4-3-5-15(16)19-17(20)14-9-7-13(12-18)8-10-14/h2-6,13-14H,1,7-12,18H2,(H,19,20). The molecule has 1 saturated carbocycles. The molecule has 0 unspecified atom stereocenters. The fourth-order valence-corrected chi connectivity index (χ4v) is 3.49. The third kappa shape index (κ3) is 4.61. The summed E-state index contributed by atoms with van der Waals surface area (Å²) in [6.45, 7) is 4.48. The zero-order valence-corrected chi connectivity index (χ0v) is 13.2. The molecule has 1 aliphatic carbocycles. The van der Waals surface area contributed by atoms with Gasteiger partial charge in [-0.1, -0.05) is 18.2 Å². The monoisotopic (exact) mass is 304 g/mol. The Morgan fingerprint density at radius 2 is 2.05 bits per heavy atom. The molecule has 2 rings (SSSR count). The number of hydrogen-bond donors (Lipinski definition) is 2. The first kappa shape index (κ1) is 16.1. The van der Waals surface area contributed by atoms with Crippen LogP contribution in [0.3, 0.4) is 0 Å². The fraction of sp³-hybridized carbons (Fsp3) is 0.471. The molecular formula is C17H24N2OS. The summed E-state index contributed by atoms with van der Waals surface area (Å²) < 4.78 is 0. The number of nitrogens with two attached hydrogens (primary N) is 1. The smallest absolute Gasteiger partial charge is 0.227 e. The van der Waals surface area contributed by atoms with Gasteiger partial charge in [0.2, 0.25) is 5.91 Å². The molecule has 0 aliphatic heterocycles. The number of benzene rings is 1. The van der Waals surface area contributed by atoms with Gasteiger partial charge < -0.3 is 11.1 Å². The zero-order valence-electron chi connectivity index (χ0n) is 12.4. The second-order valence-corrected chi connectivity index (χ2v) is 6.60. The van der Waals surface area contributed by atoms with E-state index < -0.39 is 0 Å². The van der Waals surface area contributed by atoms with Gasteiger partial charge in [-0.15, -0.1) is 18.3 Å². The lowest BCUT2D eigenvalue weighted by atomic mass is 9.81. The molecule has 0 aromatic heterocycles. The first-order valence-corrected chi connectivity index (χ1v) is 8.56. The molecule has 1 aliphatic rings. The Morgan fingerprint density at radius 3 is 2.71 bits per heavy atom. The lowest BCUT2D eigenvalue weighted by Crippen LogP contribution is -2.29. The maximum Gasteiger partial charge on any atom is 0.227 e. The van der Waals surface area contributed by atoms with Crippen LogP contribution in [0.25, 0.3) is 0 Å². The molecule has 114 valence electrons. The maximum absolute atomic E-state index is 12.4. The molecule has 3 nitrogen and oxygen atoms in total. The van der Waals surface area contributed by atoms with E-state index in [-0.39, 0.29) is 11.8 Å². The Balaban J connectivity index is 1.95. The van der Waals surface area contributed by atoms with Gasteiger partial charge in [-0.3, -0.25) is 4.79 Å². The summed E-state index contributed by atoms with van der Waals surface area (Å²) in [6, 6.07) is 7.95. The topological polar surface area (TPSA) is 55.1 Å². The quantitative estimate of drug-likeness (QED) is 0.623. The summed E-state index contributed by atoms with van der Waals surface area (Å²) in [6.07, 6.45) is 5.92. The van der Waals surface area contributed by atoms with E-state index in [4.69, 9.17) is 5.73 Å². The van der Waals surface area contributed by atoms with Crippen LogP contribution in [0.5, 0.6) is 0 Å². The lowest BCUT2D eigenvalue weighted by molar-refractivity contribution is -0.121. The SMILES string of the molecule is C=CCSc1ccccc1NC(=O)C1CCC(CN)CC1. The Bertz CT molecular complexity index is 481. The third-order valence-corrected chi connectivity index (χ3v) is 5.12. The molecular weight excluding hydrogens is 280 g/mol. The zero-order chi connectivity index (χ0) is 15.1. The number of thioether (sulfide) groups is 1. The van der Waals surface area contributed by atoms with Gasteiger partial charge >= 0.3 is 0 Å². The van der Waals surface area contributed by atoms with E-state index in [2.05, 4.69) is 11.9 Å². The van der Waals surface area contributed by atoms with E-state index in [1.54, 1.807) is 11.8 Å². The van der Waals surface area contributed by atoms with Gasteiger partial charge in [0.05, 0.1) is 5.69 Å². The molecule has 0 heterocycles. The van der Waals surface area contributed by atoms with Crippen molar-refractivity contribution in [2.24, 2.45) is 17.6 Å². The second-order valence-electron chi connectivity index (χ2n) is 5.54. The molecule has 0 atom stereocenters. The average Bonchev–Trinajstić information content (AvgIpc) is 2.54. The van der Waals surface area contributed by atoms with E-state index in [0.717, 1.165) is 48.6 Å². The molecule has 0 saturated heterocycles. The van der Waals surface area contributed by atoms with E-state index >= 15 is 0 Å². The Labute approximate surface area is 131 Å². The first-order chi connectivity index (χ1) is 10.2. The summed E-state index contributed by atoms with van der Waals surface area (Å²) in [5.74, 6) is 1.72. The molecule has 21 heavy (non-hydrogen) atoms. The van der Waals surface area contributed by atoms with E-state index in [1.165, 1.54) is 0 Å². The largest absolute Gasteiger partial charge is 0.330 e. The van der Waals surface area contributed by atoms with Gasteiger partial charge in [-0.05, 0) is 50.3 Å². The van der Waals surface area contributed by atoms with Crippen LogP contribution in [-0.2, 0) is 4.79 Å². The van der Waals surface area contributed by atoms with Crippen molar-refractivity contribution in [3.63, 3.8) is 0 Å². The number of rotatable bonds is 6. The first-order valence-electron chi connectivity index (χ1n) is 7.58. The minimum Gasteiger partial charge on any atom is -0.330 e. The van der Waals surface area contributed by atoms with Crippen molar-refractivity contribution in [3.05, 3.63) is 36.9 Å². The van der Waals surface area contributed by atoms with Crippen LogP contribution < -0.4 is 11.1 Å². The summed E-state index contributed by atoms with van der Waals surface area (Å²) in [7, 11) is 0. The summed E-state index contributed by atoms with van der Waals surface area (Å²) in [5, 5.41) is 3.10. The fourth-order valence-electron chi connectivity index (χ4n) is 2.74. The summed E-state index contributed by atoms with van der Waals surface area (Å²) >= 11 is 1.69. The van der Waals surface area contributed by atoms with Gasteiger partial charge in [-0.25, -0.2) is 0 Å². The van der Waals surface area contributed by atoms with Crippen molar-refractivity contribution in [1.82, 2.24) is 0 Å². The predicted molar refractivity (Wildman–Crippen MR) is 90.5 cm³/mol. The Hall–Kier alpha value is -1.26. The number of anilines is 1. The third-order valence-electron chi connectivity index (χ3n) is 4.05. The van der Waals surface area contributed by atoms with Crippen molar-refractivity contribution < 1.29 is 4.79 Å². The highest BCUT2D eigenvalue weighted by Gasteiger charge is 2.25. The van der Waals surface area contributed by atoms with Gasteiger partial charge in [0, 0.05) is 16.6 Å². The average molecular weight is 304 g/mol. The van der Waals surface area contributed by atoms with Crippen LogP contribution in [0.2, 0.25) is 0 Å². The summed E-state index contributed by atoms with van der Waals surface area (Å²) in [5.41, 5.74) is 6.62. The van der Waals surface area contributed by atoms with Crippen LogP contribution in [0.4, 0.5) is 5.69 Å². The van der Waals surface area contributed by atoms with Gasteiger partial charge in [0.15, 0.2) is 0 Å². The van der Waals surface area contributed by atoms with E-state index in [0.29, 0.717) is 5.92 Å². The molecule has 1 aromatic rings. The van der Waals surface area contributed by atoms with Crippen molar-refractivity contribution in [1.29, 1.82) is 0 Å². The normalized spacial score (nSPS) is 21.8. The Kier molecular flexibility index (Phi) is 6.33. The number of para-hydroxylation sites is 1. The highest BCUT2D eigenvalue weighted by molar-refractivity contribution is 7.99. The number of carbonyl (C=O) groups is 1. The van der Waals surface area contributed by atoms with Crippen molar-refractivity contribution in [3.8, 4) is 0 Å². The van der Waals surface area contributed by atoms with Crippen LogP contribution in [0, 0.1) is 11.8 Å². The molecule has 0 radical (unpaired) electrons. The minimum atomic E-state index is 0.130. The molecule has 1 fully saturated rings. The number of amides is 1. The second kappa shape index (κ2) is 8.25. The lowest BCUT2D eigenvalue weighted by Gasteiger charge is -2.27. The van der Waals surface area contributed by atoms with E-state index in [9.17, 15) is 4.79 Å². The maximum atomic E-state index is 12.4. The van der Waals surface area contributed by atoms with Gasteiger partial charge in [-0.2, -0.15) is 0 Å². The van der Waals surface area contributed by atoms with Crippen LogP contribution in [0.15, 0.2) is 41.8 Å². The van der Waals surface area contributed by atoms with Crippen LogP contribution in [-0.4, -0.2) is 18.2 Å². The molecule has 3 N–H and O–H groups in total. The van der Waals surface area contributed by atoms with Crippen molar-refractivity contribution in [2.45, 2.75) is 30.6 Å². The number of nitrogens with one attached hydrogen (secondary N) is 1. The number of hydrogen-bond acceptors (Lipinski definition) is 3. The summed E-state index contributed by atoms with van der Waals surface area (Å²) in [4.78, 5) is 13.5. The van der Waals surface area contributed by atoms with Crippen LogP contribution >= 0.6 is 11.8 Å².